The van der Waals surface area contributed by atoms with Gasteiger partial charge in [-0.1, -0.05) is 0 Å². The number of hydrogen-bond donors (Lipinski definition) is 1. The number of rotatable bonds is 1. The third-order valence-corrected chi connectivity index (χ3v) is 4.07. The molecule has 2 atom stereocenters. The van der Waals surface area contributed by atoms with Gasteiger partial charge in [0.25, 0.3) is 0 Å². The Balaban J connectivity index is 1.80. The average Bonchev–Trinajstić information content (AvgIpc) is 2.87. The maximum atomic E-state index is 11.6. The minimum atomic E-state index is 0.181. The maximum Gasteiger partial charge on any atom is 0.219 e. The van der Waals surface area contributed by atoms with Crippen molar-refractivity contribution < 1.29 is 4.79 Å². The van der Waals surface area contributed by atoms with Gasteiger partial charge in [-0.25, -0.2) is 0 Å². The molecule has 1 aromatic rings. The Morgan fingerprint density at radius 3 is 3.00 bits per heavy atom. The van der Waals surface area contributed by atoms with Crippen molar-refractivity contribution in [1.29, 1.82) is 0 Å². The van der Waals surface area contributed by atoms with Gasteiger partial charge in [-0.05, 0) is 31.4 Å². The summed E-state index contributed by atoms with van der Waals surface area (Å²) in [6.07, 6.45) is 4.72. The van der Waals surface area contributed by atoms with Crippen LogP contribution in [0.3, 0.4) is 0 Å². The average molecular weight is 247 g/mol. The zero-order valence-electron chi connectivity index (χ0n) is 11.1. The van der Waals surface area contributed by atoms with Crippen LogP contribution in [-0.4, -0.2) is 34.5 Å². The minimum Gasteiger partial charge on any atom is -0.351 e. The van der Waals surface area contributed by atoms with Crippen LogP contribution < -0.4 is 5.32 Å². The summed E-state index contributed by atoms with van der Waals surface area (Å²) >= 11 is 0. The largest absolute Gasteiger partial charge is 0.351 e. The molecule has 1 N–H and O–H groups in total. The zero-order valence-corrected chi connectivity index (χ0v) is 11.1. The number of aromatic nitrogens is 1. The molecule has 0 bridgehead atoms. The van der Waals surface area contributed by atoms with E-state index in [1.807, 2.05) is 4.90 Å². The topological polar surface area (TPSA) is 37.3 Å². The first-order valence-electron chi connectivity index (χ1n) is 6.84. The molecule has 2 aliphatic heterocycles. The fourth-order valence-corrected chi connectivity index (χ4v) is 3.15. The van der Waals surface area contributed by atoms with Crippen molar-refractivity contribution in [3.05, 3.63) is 23.5 Å². The molecule has 0 spiro atoms. The molecule has 18 heavy (non-hydrogen) atoms. The van der Waals surface area contributed by atoms with Crippen LogP contribution in [-0.2, 0) is 17.8 Å². The molecule has 2 aliphatic rings. The van der Waals surface area contributed by atoms with E-state index in [9.17, 15) is 4.79 Å². The summed E-state index contributed by atoms with van der Waals surface area (Å²) in [5, 5.41) is 3.60. The lowest BCUT2D eigenvalue weighted by Gasteiger charge is -2.37. The SMILES string of the molecule is CC(=O)N1CC(C)NC(c2cc3n(c2)CCC3)C1. The van der Waals surface area contributed by atoms with Crippen molar-refractivity contribution in [3.8, 4) is 0 Å². The Bertz CT molecular complexity index is 444. The number of nitrogens with zero attached hydrogens (tertiary/aromatic N) is 2. The van der Waals surface area contributed by atoms with Crippen molar-refractivity contribution >= 4 is 5.91 Å². The normalized spacial score (nSPS) is 27.3. The van der Waals surface area contributed by atoms with E-state index in [0.717, 1.165) is 19.6 Å². The maximum absolute atomic E-state index is 11.6. The smallest absolute Gasteiger partial charge is 0.219 e. The molecule has 98 valence electrons. The number of amides is 1. The molecule has 2 unspecified atom stereocenters. The van der Waals surface area contributed by atoms with Gasteiger partial charge in [0.1, 0.15) is 0 Å². The molecule has 1 aromatic heterocycles. The third kappa shape index (κ3) is 2.05. The summed E-state index contributed by atoms with van der Waals surface area (Å²) < 4.78 is 2.36. The summed E-state index contributed by atoms with van der Waals surface area (Å²) in [4.78, 5) is 13.5. The molecular weight excluding hydrogens is 226 g/mol. The molecule has 0 aliphatic carbocycles. The van der Waals surface area contributed by atoms with Crippen molar-refractivity contribution in [2.24, 2.45) is 0 Å². The number of nitrogens with one attached hydrogen (secondary N) is 1. The Labute approximate surface area is 108 Å². The number of hydrogen-bond acceptors (Lipinski definition) is 2. The summed E-state index contributed by atoms with van der Waals surface area (Å²) in [7, 11) is 0. The van der Waals surface area contributed by atoms with Crippen LogP contribution in [0.2, 0.25) is 0 Å². The van der Waals surface area contributed by atoms with Gasteiger partial charge in [0, 0.05) is 44.5 Å². The summed E-state index contributed by atoms with van der Waals surface area (Å²) in [5.41, 5.74) is 2.78. The van der Waals surface area contributed by atoms with Crippen LogP contribution in [0.5, 0.6) is 0 Å². The molecule has 0 aromatic carbocycles. The molecule has 0 saturated carbocycles. The van der Waals surface area contributed by atoms with Gasteiger partial charge in [0.15, 0.2) is 0 Å². The second-order valence-electron chi connectivity index (χ2n) is 5.61. The van der Waals surface area contributed by atoms with E-state index in [4.69, 9.17) is 0 Å². The Hall–Kier alpha value is -1.29. The van der Waals surface area contributed by atoms with Gasteiger partial charge >= 0.3 is 0 Å². The van der Waals surface area contributed by atoms with Crippen molar-refractivity contribution in [2.45, 2.75) is 45.3 Å². The van der Waals surface area contributed by atoms with E-state index in [1.54, 1.807) is 6.92 Å². The lowest BCUT2D eigenvalue weighted by atomic mass is 10.0. The van der Waals surface area contributed by atoms with Crippen molar-refractivity contribution in [1.82, 2.24) is 14.8 Å². The molecular formula is C14H21N3O. The van der Waals surface area contributed by atoms with E-state index >= 15 is 0 Å². The molecule has 1 fully saturated rings. The van der Waals surface area contributed by atoms with E-state index < -0.39 is 0 Å². The molecule has 4 nitrogen and oxygen atoms in total. The van der Waals surface area contributed by atoms with Crippen molar-refractivity contribution in [2.75, 3.05) is 13.1 Å². The Morgan fingerprint density at radius 1 is 1.44 bits per heavy atom. The predicted octanol–water partition coefficient (Wildman–Crippen LogP) is 1.32. The number of aryl methyl sites for hydroxylation is 2. The third-order valence-electron chi connectivity index (χ3n) is 4.07. The molecule has 3 heterocycles. The second kappa shape index (κ2) is 4.43. The first kappa shape index (κ1) is 11.8. The van der Waals surface area contributed by atoms with Crippen LogP contribution >= 0.6 is 0 Å². The highest BCUT2D eigenvalue weighted by Gasteiger charge is 2.28. The zero-order chi connectivity index (χ0) is 12.7. The quantitative estimate of drug-likeness (QED) is 0.812. The fourth-order valence-electron chi connectivity index (χ4n) is 3.15. The van der Waals surface area contributed by atoms with Crippen LogP contribution in [0.4, 0.5) is 0 Å². The molecule has 1 amide bonds. The van der Waals surface area contributed by atoms with Crippen LogP contribution in [0.1, 0.15) is 37.6 Å². The monoisotopic (exact) mass is 247 g/mol. The summed E-state index contributed by atoms with van der Waals surface area (Å²) in [6, 6.07) is 2.96. The summed E-state index contributed by atoms with van der Waals surface area (Å²) in [5.74, 6) is 0.181. The predicted molar refractivity (Wildman–Crippen MR) is 70.3 cm³/mol. The van der Waals surface area contributed by atoms with Gasteiger partial charge in [-0.15, -0.1) is 0 Å². The number of carbonyl (C=O) groups excluding carboxylic acids is 1. The van der Waals surface area contributed by atoms with Gasteiger partial charge in [-0.3, -0.25) is 4.79 Å². The van der Waals surface area contributed by atoms with Crippen LogP contribution in [0, 0.1) is 0 Å². The highest BCUT2D eigenvalue weighted by molar-refractivity contribution is 5.73. The molecule has 0 radical (unpaired) electrons. The highest BCUT2D eigenvalue weighted by atomic mass is 16.2. The molecule has 4 heteroatoms. The molecule has 1 saturated heterocycles. The fraction of sp³-hybridized carbons (Fsp3) is 0.643. The standard InChI is InChI=1S/C14H21N3O/c1-10-7-17(11(2)18)9-14(15-10)12-6-13-4-3-5-16(13)8-12/h6,8,10,14-15H,3-5,7,9H2,1-2H3. The van der Waals surface area contributed by atoms with E-state index in [-0.39, 0.29) is 11.9 Å². The number of piperazine rings is 1. The van der Waals surface area contributed by atoms with Gasteiger partial charge < -0.3 is 14.8 Å². The minimum absolute atomic E-state index is 0.181. The second-order valence-corrected chi connectivity index (χ2v) is 5.61. The molecule has 3 rings (SSSR count). The van der Waals surface area contributed by atoms with Gasteiger partial charge in [0.05, 0.1) is 6.04 Å². The number of carbonyl (C=O) groups is 1. The van der Waals surface area contributed by atoms with Crippen molar-refractivity contribution in [3.63, 3.8) is 0 Å². The van der Waals surface area contributed by atoms with E-state index in [2.05, 4.69) is 29.1 Å². The van der Waals surface area contributed by atoms with E-state index in [0.29, 0.717) is 6.04 Å². The Morgan fingerprint density at radius 2 is 2.28 bits per heavy atom. The summed E-state index contributed by atoms with van der Waals surface area (Å²) in [6.45, 7) is 6.57. The van der Waals surface area contributed by atoms with Crippen LogP contribution in [0.15, 0.2) is 12.3 Å². The van der Waals surface area contributed by atoms with Gasteiger partial charge in [0.2, 0.25) is 5.91 Å². The first-order chi connectivity index (χ1) is 8.63. The lowest BCUT2D eigenvalue weighted by Crippen LogP contribution is -2.52. The van der Waals surface area contributed by atoms with E-state index in [1.165, 1.54) is 24.1 Å². The van der Waals surface area contributed by atoms with Crippen LogP contribution in [0.25, 0.3) is 0 Å². The first-order valence-corrected chi connectivity index (χ1v) is 6.84. The highest BCUT2D eigenvalue weighted by Crippen LogP contribution is 2.25. The Kier molecular flexibility index (Phi) is 2.90. The van der Waals surface area contributed by atoms with Gasteiger partial charge in [-0.2, -0.15) is 0 Å². The number of fused-ring (bicyclic) bond motifs is 1. The lowest BCUT2D eigenvalue weighted by molar-refractivity contribution is -0.130.